The number of pyridine rings is 1. The van der Waals surface area contributed by atoms with Gasteiger partial charge in [0, 0.05) is 24.9 Å². The van der Waals surface area contributed by atoms with E-state index in [9.17, 15) is 0 Å². The average Bonchev–Trinajstić information content (AvgIpc) is 3.09. The molecular formula is C25H24FN5O. The molecule has 162 valence electrons. The Morgan fingerprint density at radius 3 is 2.72 bits per heavy atom. The summed E-state index contributed by atoms with van der Waals surface area (Å²) in [5.41, 5.74) is 11.8. The molecular weight excluding hydrogens is 405 g/mol. The van der Waals surface area contributed by atoms with Crippen LogP contribution >= 0.6 is 0 Å². The van der Waals surface area contributed by atoms with Crippen LogP contribution in [0, 0.1) is 12.7 Å². The molecule has 0 amide bonds. The lowest BCUT2D eigenvalue weighted by atomic mass is 9.92. The van der Waals surface area contributed by atoms with E-state index >= 15 is 4.39 Å². The van der Waals surface area contributed by atoms with Gasteiger partial charge in [-0.15, -0.1) is 0 Å². The molecule has 0 saturated carbocycles. The van der Waals surface area contributed by atoms with Crippen molar-refractivity contribution in [3.8, 4) is 22.8 Å². The molecule has 0 unspecified atom stereocenters. The first-order chi connectivity index (χ1) is 15.5. The number of ether oxygens (including phenoxy) is 1. The first-order valence-electron chi connectivity index (χ1n) is 10.7. The van der Waals surface area contributed by atoms with Crippen molar-refractivity contribution < 1.29 is 9.13 Å². The molecule has 0 spiro atoms. The average molecular weight is 429 g/mol. The summed E-state index contributed by atoms with van der Waals surface area (Å²) in [6, 6.07) is 8.60. The van der Waals surface area contributed by atoms with Gasteiger partial charge >= 0.3 is 0 Å². The number of aromatic nitrogens is 4. The molecule has 3 aromatic heterocycles. The monoisotopic (exact) mass is 429 g/mol. The third-order valence-corrected chi connectivity index (χ3v) is 5.92. The van der Waals surface area contributed by atoms with E-state index < -0.39 is 5.82 Å². The SMILES string of the molecule is Cc1ccnc(Oc2ccc(-c3c(C4=CCCCC4)n(C)c4ncnc(N)c34)cc2F)c1. The summed E-state index contributed by atoms with van der Waals surface area (Å²) in [5.74, 6) is 0.386. The van der Waals surface area contributed by atoms with Crippen molar-refractivity contribution >= 4 is 22.4 Å². The van der Waals surface area contributed by atoms with Gasteiger partial charge in [-0.2, -0.15) is 0 Å². The van der Waals surface area contributed by atoms with Crippen LogP contribution in [0.4, 0.5) is 10.2 Å². The largest absolute Gasteiger partial charge is 0.436 e. The van der Waals surface area contributed by atoms with Gasteiger partial charge in [0.2, 0.25) is 5.88 Å². The molecule has 1 aromatic carbocycles. The second-order valence-corrected chi connectivity index (χ2v) is 8.13. The van der Waals surface area contributed by atoms with E-state index in [0.29, 0.717) is 17.3 Å². The number of nitrogens with zero attached hydrogens (tertiary/aromatic N) is 4. The number of hydrogen-bond donors (Lipinski definition) is 1. The molecule has 1 aliphatic carbocycles. The first-order valence-corrected chi connectivity index (χ1v) is 10.7. The number of allylic oxidation sites excluding steroid dienone is 2. The topological polar surface area (TPSA) is 78.8 Å². The quantitative estimate of drug-likeness (QED) is 0.443. The maximum atomic E-state index is 15.2. The highest BCUT2D eigenvalue weighted by molar-refractivity contribution is 6.05. The zero-order chi connectivity index (χ0) is 22.2. The Hall–Kier alpha value is -3.74. The van der Waals surface area contributed by atoms with E-state index in [4.69, 9.17) is 10.5 Å². The minimum atomic E-state index is -0.471. The fourth-order valence-corrected chi connectivity index (χ4v) is 4.40. The van der Waals surface area contributed by atoms with Crippen molar-refractivity contribution in [1.82, 2.24) is 19.5 Å². The van der Waals surface area contributed by atoms with Crippen LogP contribution in [-0.4, -0.2) is 19.5 Å². The Kier molecular flexibility index (Phi) is 5.09. The minimum Gasteiger partial charge on any atom is -0.436 e. The molecule has 5 rings (SSSR count). The van der Waals surface area contributed by atoms with E-state index in [-0.39, 0.29) is 5.75 Å². The van der Waals surface area contributed by atoms with Gasteiger partial charge in [0.1, 0.15) is 17.8 Å². The van der Waals surface area contributed by atoms with Crippen LogP contribution in [0.15, 0.2) is 48.9 Å². The normalized spacial score (nSPS) is 13.9. The van der Waals surface area contributed by atoms with Crippen molar-refractivity contribution in [2.24, 2.45) is 7.05 Å². The highest BCUT2D eigenvalue weighted by Gasteiger charge is 2.24. The highest BCUT2D eigenvalue weighted by atomic mass is 19.1. The summed E-state index contributed by atoms with van der Waals surface area (Å²) in [6.07, 6.45) is 9.67. The number of aryl methyl sites for hydroxylation is 2. The fourth-order valence-electron chi connectivity index (χ4n) is 4.40. The van der Waals surface area contributed by atoms with Crippen molar-refractivity contribution in [3.05, 3.63) is 66.0 Å². The van der Waals surface area contributed by atoms with Gasteiger partial charge in [-0.1, -0.05) is 12.1 Å². The maximum absolute atomic E-state index is 15.2. The van der Waals surface area contributed by atoms with Gasteiger partial charge in [-0.25, -0.2) is 19.3 Å². The Bertz CT molecular complexity index is 1360. The van der Waals surface area contributed by atoms with Crippen molar-refractivity contribution in [3.63, 3.8) is 0 Å². The van der Waals surface area contributed by atoms with Crippen molar-refractivity contribution in [2.45, 2.75) is 32.6 Å². The number of anilines is 1. The standard InChI is InChI=1S/C25H24FN5O/c1-15-10-11-28-20(12-15)32-19-9-8-17(13-18(19)26)21-22-24(27)29-14-30-25(22)31(2)23(21)16-6-4-3-5-7-16/h6,8-14H,3-5,7H2,1-2H3,(H2,27,29,30). The smallest absolute Gasteiger partial charge is 0.219 e. The van der Waals surface area contributed by atoms with Crippen LogP contribution in [0.25, 0.3) is 27.7 Å². The molecule has 1 aliphatic rings. The second-order valence-electron chi connectivity index (χ2n) is 8.13. The number of benzene rings is 1. The summed E-state index contributed by atoms with van der Waals surface area (Å²) >= 11 is 0. The molecule has 0 aliphatic heterocycles. The van der Waals surface area contributed by atoms with Gasteiger partial charge in [-0.3, -0.25) is 0 Å². The molecule has 2 N–H and O–H groups in total. The van der Waals surface area contributed by atoms with Crippen molar-refractivity contribution in [2.75, 3.05) is 5.73 Å². The molecule has 32 heavy (non-hydrogen) atoms. The summed E-state index contributed by atoms with van der Waals surface area (Å²) in [6.45, 7) is 1.93. The number of halogens is 1. The Morgan fingerprint density at radius 1 is 1.09 bits per heavy atom. The molecule has 0 atom stereocenters. The lowest BCUT2D eigenvalue weighted by molar-refractivity contribution is 0.427. The molecule has 0 fully saturated rings. The van der Waals surface area contributed by atoms with Crippen LogP contribution in [0.2, 0.25) is 0 Å². The molecule has 0 saturated heterocycles. The highest BCUT2D eigenvalue weighted by Crippen LogP contribution is 2.42. The van der Waals surface area contributed by atoms with Crippen LogP contribution in [0.1, 0.15) is 36.9 Å². The summed E-state index contributed by atoms with van der Waals surface area (Å²) in [5, 5.41) is 0.741. The summed E-state index contributed by atoms with van der Waals surface area (Å²) < 4.78 is 22.9. The molecule has 7 heteroatoms. The van der Waals surface area contributed by atoms with E-state index in [1.807, 2.05) is 30.7 Å². The van der Waals surface area contributed by atoms with Crippen LogP contribution < -0.4 is 10.5 Å². The van der Waals surface area contributed by atoms with Crippen LogP contribution in [0.3, 0.4) is 0 Å². The van der Waals surface area contributed by atoms with Gasteiger partial charge in [0.05, 0.1) is 11.1 Å². The summed E-state index contributed by atoms with van der Waals surface area (Å²) in [4.78, 5) is 12.8. The van der Waals surface area contributed by atoms with Gasteiger partial charge in [-0.05, 0) is 67.5 Å². The number of hydrogen-bond acceptors (Lipinski definition) is 5. The third-order valence-electron chi connectivity index (χ3n) is 5.92. The van der Waals surface area contributed by atoms with E-state index in [1.54, 1.807) is 18.3 Å². The predicted octanol–water partition coefficient (Wildman–Crippen LogP) is 5.81. The lowest BCUT2D eigenvalue weighted by Crippen LogP contribution is -2.01. The summed E-state index contributed by atoms with van der Waals surface area (Å²) in [7, 11) is 1.97. The molecule has 6 nitrogen and oxygen atoms in total. The fraction of sp³-hybridized carbons (Fsp3) is 0.240. The first kappa shape index (κ1) is 20.2. The molecule has 3 heterocycles. The van der Waals surface area contributed by atoms with Crippen LogP contribution in [-0.2, 0) is 7.05 Å². The second kappa shape index (κ2) is 8.07. The van der Waals surface area contributed by atoms with E-state index in [2.05, 4.69) is 21.0 Å². The third kappa shape index (κ3) is 3.49. The van der Waals surface area contributed by atoms with E-state index in [0.717, 1.165) is 47.1 Å². The minimum absolute atomic E-state index is 0.120. The van der Waals surface area contributed by atoms with Gasteiger partial charge in [0.25, 0.3) is 0 Å². The van der Waals surface area contributed by atoms with Gasteiger partial charge < -0.3 is 15.0 Å². The molecule has 4 aromatic rings. The van der Waals surface area contributed by atoms with E-state index in [1.165, 1.54) is 24.4 Å². The van der Waals surface area contributed by atoms with Gasteiger partial charge in [0.15, 0.2) is 11.6 Å². The Labute approximate surface area is 185 Å². The van der Waals surface area contributed by atoms with Crippen molar-refractivity contribution in [1.29, 1.82) is 0 Å². The predicted molar refractivity (Wildman–Crippen MR) is 124 cm³/mol. The zero-order valence-electron chi connectivity index (χ0n) is 18.1. The number of fused-ring (bicyclic) bond motifs is 1. The zero-order valence-corrected chi connectivity index (χ0v) is 18.1. The Morgan fingerprint density at radius 2 is 1.97 bits per heavy atom. The number of nitrogen functional groups attached to an aromatic ring is 1. The number of rotatable bonds is 4. The molecule has 0 radical (unpaired) electrons. The lowest BCUT2D eigenvalue weighted by Gasteiger charge is -2.16. The number of nitrogens with two attached hydrogens (primary N) is 1. The molecule has 0 bridgehead atoms. The maximum Gasteiger partial charge on any atom is 0.219 e. The Balaban J connectivity index is 1.66. The van der Waals surface area contributed by atoms with Crippen LogP contribution in [0.5, 0.6) is 11.6 Å².